The number of likely N-dealkylation sites (N-methyl/N-ethyl adjacent to an activating group) is 1. The second-order valence-corrected chi connectivity index (χ2v) is 8.39. The minimum absolute atomic E-state index is 0.284. The SMILES string of the molecule is CN1CCCN(C2(CN)CCCC2S(C)(=O)=O)CC1. The third kappa shape index (κ3) is 2.96. The van der Waals surface area contributed by atoms with Crippen molar-refractivity contribution in [3.8, 4) is 0 Å². The van der Waals surface area contributed by atoms with Gasteiger partial charge in [-0.15, -0.1) is 0 Å². The van der Waals surface area contributed by atoms with Crippen LogP contribution in [0.3, 0.4) is 0 Å². The van der Waals surface area contributed by atoms with E-state index in [9.17, 15) is 8.42 Å². The van der Waals surface area contributed by atoms with Crippen molar-refractivity contribution in [2.24, 2.45) is 5.73 Å². The third-order valence-electron chi connectivity index (χ3n) is 4.89. The molecule has 6 heteroatoms. The lowest BCUT2D eigenvalue weighted by Crippen LogP contribution is -2.61. The van der Waals surface area contributed by atoms with E-state index in [1.54, 1.807) is 0 Å². The van der Waals surface area contributed by atoms with E-state index >= 15 is 0 Å². The maximum Gasteiger partial charge on any atom is 0.152 e. The Morgan fingerprint density at radius 1 is 1.21 bits per heavy atom. The van der Waals surface area contributed by atoms with Gasteiger partial charge in [0.15, 0.2) is 9.84 Å². The van der Waals surface area contributed by atoms with Gasteiger partial charge < -0.3 is 10.6 Å². The van der Waals surface area contributed by atoms with Crippen molar-refractivity contribution in [3.05, 3.63) is 0 Å². The fraction of sp³-hybridized carbons (Fsp3) is 1.00. The van der Waals surface area contributed by atoms with Gasteiger partial charge in [-0.1, -0.05) is 6.42 Å². The molecule has 1 aliphatic carbocycles. The molecule has 2 unspecified atom stereocenters. The molecule has 0 spiro atoms. The molecule has 0 aromatic rings. The number of sulfone groups is 1. The van der Waals surface area contributed by atoms with Crippen LogP contribution in [0.5, 0.6) is 0 Å². The first-order valence-corrected chi connectivity index (χ1v) is 9.18. The van der Waals surface area contributed by atoms with E-state index in [4.69, 9.17) is 5.73 Å². The molecule has 2 N–H and O–H groups in total. The summed E-state index contributed by atoms with van der Waals surface area (Å²) in [6.45, 7) is 4.43. The van der Waals surface area contributed by atoms with Crippen LogP contribution in [0.15, 0.2) is 0 Å². The van der Waals surface area contributed by atoms with Gasteiger partial charge in [0.25, 0.3) is 0 Å². The van der Waals surface area contributed by atoms with E-state index in [0.29, 0.717) is 6.54 Å². The van der Waals surface area contributed by atoms with Crippen LogP contribution in [-0.2, 0) is 9.84 Å². The summed E-state index contributed by atoms with van der Waals surface area (Å²) in [5, 5.41) is -0.284. The molecule has 19 heavy (non-hydrogen) atoms. The second-order valence-electron chi connectivity index (χ2n) is 6.16. The van der Waals surface area contributed by atoms with Crippen molar-refractivity contribution < 1.29 is 8.42 Å². The van der Waals surface area contributed by atoms with Crippen LogP contribution in [0.2, 0.25) is 0 Å². The van der Waals surface area contributed by atoms with E-state index < -0.39 is 9.84 Å². The summed E-state index contributed by atoms with van der Waals surface area (Å²) < 4.78 is 24.2. The molecule has 2 atom stereocenters. The number of hydrogen-bond donors (Lipinski definition) is 1. The Kier molecular flexibility index (Phi) is 4.55. The molecule has 112 valence electrons. The van der Waals surface area contributed by atoms with Gasteiger partial charge in [-0.2, -0.15) is 0 Å². The summed E-state index contributed by atoms with van der Waals surface area (Å²) >= 11 is 0. The first-order chi connectivity index (χ1) is 8.90. The molecular formula is C13H27N3O2S. The quantitative estimate of drug-likeness (QED) is 0.787. The van der Waals surface area contributed by atoms with Crippen molar-refractivity contribution in [3.63, 3.8) is 0 Å². The molecule has 0 radical (unpaired) electrons. The van der Waals surface area contributed by atoms with Crippen LogP contribution < -0.4 is 5.73 Å². The normalized spacial score (nSPS) is 35.4. The van der Waals surface area contributed by atoms with E-state index in [1.807, 2.05) is 0 Å². The zero-order valence-electron chi connectivity index (χ0n) is 12.1. The molecule has 5 nitrogen and oxygen atoms in total. The van der Waals surface area contributed by atoms with Crippen molar-refractivity contribution in [1.82, 2.24) is 9.80 Å². The molecule has 1 heterocycles. The lowest BCUT2D eigenvalue weighted by atomic mass is 9.94. The number of rotatable bonds is 3. The van der Waals surface area contributed by atoms with Crippen LogP contribution in [0.25, 0.3) is 0 Å². The van der Waals surface area contributed by atoms with Crippen LogP contribution in [0, 0.1) is 0 Å². The summed E-state index contributed by atoms with van der Waals surface area (Å²) in [4.78, 5) is 4.68. The smallest absolute Gasteiger partial charge is 0.152 e. The highest BCUT2D eigenvalue weighted by Gasteiger charge is 2.50. The highest BCUT2D eigenvalue weighted by Crippen LogP contribution is 2.39. The Hall–Kier alpha value is -0.170. The number of nitrogens with zero attached hydrogens (tertiary/aromatic N) is 2. The van der Waals surface area contributed by atoms with E-state index in [1.165, 1.54) is 6.26 Å². The summed E-state index contributed by atoms with van der Waals surface area (Å²) in [6, 6.07) is 0. The van der Waals surface area contributed by atoms with E-state index in [-0.39, 0.29) is 10.8 Å². The Balaban J connectivity index is 2.26. The topological polar surface area (TPSA) is 66.6 Å². The van der Waals surface area contributed by atoms with Gasteiger partial charge >= 0.3 is 0 Å². The molecule has 2 rings (SSSR count). The standard InChI is InChI=1S/C13H27N3O2S/c1-15-7-4-8-16(10-9-15)13(11-14)6-3-5-12(13)19(2,17)18/h12H,3-11,14H2,1-2H3. The first kappa shape index (κ1) is 15.2. The van der Waals surface area contributed by atoms with E-state index in [0.717, 1.165) is 51.9 Å². The molecule has 0 bridgehead atoms. The highest BCUT2D eigenvalue weighted by atomic mass is 32.2. The van der Waals surface area contributed by atoms with Crippen molar-refractivity contribution in [2.75, 3.05) is 46.0 Å². The third-order valence-corrected chi connectivity index (χ3v) is 6.60. The van der Waals surface area contributed by atoms with Gasteiger partial charge in [-0.3, -0.25) is 4.90 Å². The summed E-state index contributed by atoms with van der Waals surface area (Å²) in [5.41, 5.74) is 5.73. The highest BCUT2D eigenvalue weighted by molar-refractivity contribution is 7.91. The lowest BCUT2D eigenvalue weighted by Gasteiger charge is -2.43. The fourth-order valence-corrected chi connectivity index (χ4v) is 5.61. The molecule has 0 aromatic heterocycles. The van der Waals surface area contributed by atoms with Crippen molar-refractivity contribution in [2.45, 2.75) is 36.5 Å². The Labute approximate surface area is 117 Å². The zero-order chi connectivity index (χ0) is 14.1. The number of hydrogen-bond acceptors (Lipinski definition) is 5. The Morgan fingerprint density at radius 2 is 1.95 bits per heavy atom. The molecule has 2 aliphatic rings. The van der Waals surface area contributed by atoms with E-state index in [2.05, 4.69) is 16.8 Å². The fourth-order valence-electron chi connectivity index (χ4n) is 3.85. The molecule has 1 saturated carbocycles. The van der Waals surface area contributed by atoms with Gasteiger partial charge in [0, 0.05) is 38.0 Å². The van der Waals surface area contributed by atoms with Gasteiger partial charge in [0.2, 0.25) is 0 Å². The average molecular weight is 289 g/mol. The lowest BCUT2D eigenvalue weighted by molar-refractivity contribution is 0.106. The van der Waals surface area contributed by atoms with Gasteiger partial charge in [-0.25, -0.2) is 8.42 Å². The van der Waals surface area contributed by atoms with Crippen molar-refractivity contribution >= 4 is 9.84 Å². The maximum absolute atomic E-state index is 12.1. The van der Waals surface area contributed by atoms with Gasteiger partial charge in [0.05, 0.1) is 5.25 Å². The minimum Gasteiger partial charge on any atom is -0.329 e. The summed E-state index contributed by atoms with van der Waals surface area (Å²) in [7, 11) is -0.906. The van der Waals surface area contributed by atoms with Crippen molar-refractivity contribution in [1.29, 1.82) is 0 Å². The van der Waals surface area contributed by atoms with Crippen LogP contribution >= 0.6 is 0 Å². The summed E-state index contributed by atoms with van der Waals surface area (Å²) in [6.07, 6.45) is 5.13. The monoisotopic (exact) mass is 289 g/mol. The molecule has 0 amide bonds. The predicted octanol–water partition coefficient (Wildman–Crippen LogP) is -0.0815. The van der Waals surface area contributed by atoms with Crippen LogP contribution in [0.1, 0.15) is 25.7 Å². The molecule has 1 aliphatic heterocycles. The largest absolute Gasteiger partial charge is 0.329 e. The Morgan fingerprint density at radius 3 is 2.58 bits per heavy atom. The number of nitrogens with two attached hydrogens (primary N) is 1. The first-order valence-electron chi connectivity index (χ1n) is 7.23. The molecular weight excluding hydrogens is 262 g/mol. The predicted molar refractivity (Wildman–Crippen MR) is 78.0 cm³/mol. The molecule has 2 fully saturated rings. The summed E-state index contributed by atoms with van der Waals surface area (Å²) in [5.74, 6) is 0. The molecule has 0 aromatic carbocycles. The maximum atomic E-state index is 12.1. The second kappa shape index (κ2) is 5.68. The minimum atomic E-state index is -3.03. The van der Waals surface area contributed by atoms with Gasteiger partial charge in [0.1, 0.15) is 0 Å². The van der Waals surface area contributed by atoms with Crippen LogP contribution in [-0.4, -0.2) is 75.0 Å². The van der Waals surface area contributed by atoms with Gasteiger partial charge in [-0.05, 0) is 32.9 Å². The average Bonchev–Trinajstić information content (AvgIpc) is 2.67. The zero-order valence-corrected chi connectivity index (χ0v) is 13.0. The molecule has 1 saturated heterocycles. The van der Waals surface area contributed by atoms with Crippen LogP contribution in [0.4, 0.5) is 0 Å². The Bertz CT molecular complexity index is 412.